The van der Waals surface area contributed by atoms with Crippen molar-refractivity contribution >= 4 is 49.4 Å². The van der Waals surface area contributed by atoms with Gasteiger partial charge in [0, 0.05) is 50.8 Å². The number of aromatic nitrogens is 3. The van der Waals surface area contributed by atoms with E-state index < -0.39 is 69.5 Å². The van der Waals surface area contributed by atoms with Crippen LogP contribution in [0.15, 0.2) is 116 Å². The Morgan fingerprint density at radius 3 is 1.29 bits per heavy atom. The van der Waals surface area contributed by atoms with Crippen molar-refractivity contribution in [1.82, 2.24) is 14.1 Å². The van der Waals surface area contributed by atoms with Crippen LogP contribution in [0, 0.1) is 0 Å². The molecule has 0 aliphatic heterocycles. The highest BCUT2D eigenvalue weighted by Crippen LogP contribution is 2.46. The zero-order valence-electron chi connectivity index (χ0n) is 27.8. The lowest BCUT2D eigenvalue weighted by Crippen LogP contribution is -2.12. The third-order valence-electron chi connectivity index (χ3n) is 9.51. The Kier molecular flexibility index (Phi) is 8.08. The number of hydrogen-bond acceptors (Lipinski definition) is 2. The molecular formula is C40H19F12N3O. The number of pyridine rings is 1. The minimum Gasteiger partial charge on any atom is -0.309 e. The Morgan fingerprint density at radius 1 is 0.429 bits per heavy atom. The van der Waals surface area contributed by atoms with Gasteiger partial charge in [-0.2, -0.15) is 52.7 Å². The SMILES string of the molecule is O=C(c1ccncc1)c1ccc(-n2c3cc(C(F)(F)F)ccc3c3cc(-n4c5cc(C(F)(F)F)ccc5c5ccc(C(F)(F)F)cc54)c(C(F)(F)F)cc32)cc1. The zero-order chi connectivity index (χ0) is 40.1. The Hall–Kier alpha value is -6.32. The van der Waals surface area contributed by atoms with Gasteiger partial charge in [-0.1, -0.05) is 18.2 Å². The van der Waals surface area contributed by atoms with Gasteiger partial charge in [-0.15, -0.1) is 0 Å². The predicted octanol–water partition coefficient (Wildman–Crippen LogP) is 12.6. The second-order valence-corrected chi connectivity index (χ2v) is 12.9. The van der Waals surface area contributed by atoms with Crippen LogP contribution in [0.1, 0.15) is 38.2 Å². The number of benzene rings is 5. The molecule has 8 rings (SSSR count). The maximum atomic E-state index is 15.2. The van der Waals surface area contributed by atoms with Crippen molar-refractivity contribution in [2.45, 2.75) is 24.7 Å². The van der Waals surface area contributed by atoms with E-state index in [4.69, 9.17) is 0 Å². The molecule has 0 saturated heterocycles. The molecule has 5 aromatic carbocycles. The van der Waals surface area contributed by atoms with Gasteiger partial charge >= 0.3 is 24.7 Å². The molecule has 0 atom stereocenters. The van der Waals surface area contributed by atoms with Gasteiger partial charge in [0.05, 0.1) is 50.0 Å². The minimum atomic E-state index is -5.31. The highest BCUT2D eigenvalue weighted by Gasteiger charge is 2.38. The quantitative estimate of drug-likeness (QED) is 0.132. The van der Waals surface area contributed by atoms with Crippen LogP contribution in [0.2, 0.25) is 0 Å². The van der Waals surface area contributed by atoms with Crippen LogP contribution < -0.4 is 0 Å². The number of nitrogens with zero attached hydrogens (tertiary/aromatic N) is 3. The van der Waals surface area contributed by atoms with Gasteiger partial charge < -0.3 is 9.13 Å². The molecule has 0 fully saturated rings. The van der Waals surface area contributed by atoms with Crippen LogP contribution in [0.25, 0.3) is 55.0 Å². The normalized spacial score (nSPS) is 13.1. The number of carbonyl (C=O) groups excluding carboxylic acids is 1. The molecule has 0 radical (unpaired) electrons. The van der Waals surface area contributed by atoms with Crippen LogP contribution in [0.3, 0.4) is 0 Å². The van der Waals surface area contributed by atoms with E-state index in [0.717, 1.165) is 28.8 Å². The van der Waals surface area contributed by atoms with Crippen LogP contribution in [0.4, 0.5) is 52.7 Å². The summed E-state index contributed by atoms with van der Waals surface area (Å²) in [5.41, 5.74) is -7.21. The summed E-state index contributed by atoms with van der Waals surface area (Å²) in [4.78, 5) is 16.9. The summed E-state index contributed by atoms with van der Waals surface area (Å²) in [6.45, 7) is 0. The second-order valence-electron chi connectivity index (χ2n) is 12.9. The summed E-state index contributed by atoms with van der Waals surface area (Å²) in [7, 11) is 0. The van der Waals surface area contributed by atoms with Crippen molar-refractivity contribution in [3.8, 4) is 11.4 Å². The molecule has 0 aliphatic rings. The number of ketones is 1. The van der Waals surface area contributed by atoms with Gasteiger partial charge in [0.25, 0.3) is 0 Å². The van der Waals surface area contributed by atoms with E-state index >= 15 is 13.2 Å². The Labute approximate surface area is 305 Å². The number of halogens is 12. The molecule has 3 heterocycles. The summed E-state index contributed by atoms with van der Waals surface area (Å²) in [6, 6.07) is 16.4. The Bertz CT molecular complexity index is 2790. The molecule has 0 spiro atoms. The predicted molar refractivity (Wildman–Crippen MR) is 183 cm³/mol. The highest BCUT2D eigenvalue weighted by atomic mass is 19.4. The van der Waals surface area contributed by atoms with Crippen LogP contribution in [-0.4, -0.2) is 19.9 Å². The van der Waals surface area contributed by atoms with Crippen LogP contribution >= 0.6 is 0 Å². The fraction of sp³-hybridized carbons (Fsp3) is 0.100. The molecule has 3 aromatic heterocycles. The molecule has 0 saturated carbocycles. The van der Waals surface area contributed by atoms with Gasteiger partial charge in [-0.25, -0.2) is 0 Å². The van der Waals surface area contributed by atoms with Gasteiger partial charge in [-0.05, 0) is 84.9 Å². The fourth-order valence-electron chi connectivity index (χ4n) is 6.98. The van der Waals surface area contributed by atoms with Crippen molar-refractivity contribution in [3.63, 3.8) is 0 Å². The molecule has 0 bridgehead atoms. The first-order valence-corrected chi connectivity index (χ1v) is 16.3. The third kappa shape index (κ3) is 6.08. The molecule has 16 heteroatoms. The van der Waals surface area contributed by atoms with Gasteiger partial charge in [0.2, 0.25) is 0 Å². The summed E-state index contributed by atoms with van der Waals surface area (Å²) >= 11 is 0. The Balaban J connectivity index is 1.47. The number of fused-ring (bicyclic) bond motifs is 6. The number of alkyl halides is 12. The van der Waals surface area contributed by atoms with E-state index in [1.807, 2.05) is 0 Å². The summed E-state index contributed by atoms with van der Waals surface area (Å²) in [5.74, 6) is -0.446. The van der Waals surface area contributed by atoms with Crippen molar-refractivity contribution in [2.24, 2.45) is 0 Å². The van der Waals surface area contributed by atoms with Crippen LogP contribution in [0.5, 0.6) is 0 Å². The van der Waals surface area contributed by atoms with E-state index in [1.165, 1.54) is 48.8 Å². The average Bonchev–Trinajstić information content (AvgIpc) is 3.64. The van der Waals surface area contributed by atoms with Crippen molar-refractivity contribution in [3.05, 3.63) is 149 Å². The van der Waals surface area contributed by atoms with E-state index in [1.54, 1.807) is 0 Å². The molecule has 284 valence electrons. The molecule has 0 N–H and O–H groups in total. The van der Waals surface area contributed by atoms with E-state index in [-0.39, 0.29) is 49.4 Å². The topological polar surface area (TPSA) is 39.8 Å². The standard InChI is InChI=1S/C40H19F12N3O/c41-37(42,43)22-5-10-28-29-18-35(55-32-16-23(38(44,45)46)3-8-26(32)27-9-4-24(17-33(27)55)39(47,48)49)30(40(50,51)52)19-34(29)54(31(28)15-22)25-6-1-20(2-7-25)36(56)21-11-13-53-14-12-21/h1-19H. The van der Waals surface area contributed by atoms with E-state index in [0.29, 0.717) is 47.0 Å². The maximum absolute atomic E-state index is 15.2. The maximum Gasteiger partial charge on any atom is 0.418 e. The van der Waals surface area contributed by atoms with Gasteiger partial charge in [0.15, 0.2) is 5.78 Å². The molecule has 0 amide bonds. The van der Waals surface area contributed by atoms with Crippen molar-refractivity contribution in [1.29, 1.82) is 0 Å². The average molecular weight is 786 g/mol. The van der Waals surface area contributed by atoms with Crippen molar-refractivity contribution < 1.29 is 57.5 Å². The highest BCUT2D eigenvalue weighted by molar-refractivity contribution is 6.13. The lowest BCUT2D eigenvalue weighted by Gasteiger charge is -2.18. The first-order chi connectivity index (χ1) is 26.2. The smallest absolute Gasteiger partial charge is 0.309 e. The lowest BCUT2D eigenvalue weighted by atomic mass is 10.0. The number of carbonyl (C=O) groups is 1. The number of rotatable bonds is 4. The van der Waals surface area contributed by atoms with Crippen molar-refractivity contribution in [2.75, 3.05) is 0 Å². The van der Waals surface area contributed by atoms with Gasteiger partial charge in [0.1, 0.15) is 0 Å². The monoisotopic (exact) mass is 785 g/mol. The number of hydrogen-bond donors (Lipinski definition) is 0. The molecule has 0 aliphatic carbocycles. The first kappa shape index (κ1) is 36.6. The second kappa shape index (κ2) is 12.3. The summed E-state index contributed by atoms with van der Waals surface area (Å²) in [6.07, 6.45) is -17.4. The first-order valence-electron chi connectivity index (χ1n) is 16.3. The molecule has 56 heavy (non-hydrogen) atoms. The summed E-state index contributed by atoms with van der Waals surface area (Å²) < 4.78 is 173. The third-order valence-corrected chi connectivity index (χ3v) is 9.51. The van der Waals surface area contributed by atoms with Crippen LogP contribution in [-0.2, 0) is 24.7 Å². The summed E-state index contributed by atoms with van der Waals surface area (Å²) in [5, 5.41) is -0.308. The molecule has 0 unspecified atom stereocenters. The van der Waals surface area contributed by atoms with Gasteiger partial charge in [-0.3, -0.25) is 9.78 Å². The lowest BCUT2D eigenvalue weighted by molar-refractivity contribution is -0.138. The molecular weight excluding hydrogens is 766 g/mol. The minimum absolute atomic E-state index is 0.0207. The largest absolute Gasteiger partial charge is 0.418 e. The zero-order valence-corrected chi connectivity index (χ0v) is 27.8. The molecule has 8 aromatic rings. The molecule has 4 nitrogen and oxygen atoms in total. The Morgan fingerprint density at radius 2 is 0.839 bits per heavy atom. The fourth-order valence-corrected chi connectivity index (χ4v) is 6.98. The van der Waals surface area contributed by atoms with E-state index in [9.17, 15) is 44.3 Å². The van der Waals surface area contributed by atoms with E-state index in [2.05, 4.69) is 4.98 Å².